The minimum absolute atomic E-state index is 0.295. The Labute approximate surface area is 151 Å². The summed E-state index contributed by atoms with van der Waals surface area (Å²) in [4.78, 5) is 8.35. The third kappa shape index (κ3) is 4.00. The van der Waals surface area contributed by atoms with E-state index in [0.29, 0.717) is 28.2 Å². The van der Waals surface area contributed by atoms with Crippen molar-refractivity contribution in [1.29, 1.82) is 0 Å². The molecule has 0 amide bonds. The molecule has 0 fully saturated rings. The molecule has 5 nitrogen and oxygen atoms in total. The summed E-state index contributed by atoms with van der Waals surface area (Å²) < 4.78 is 5.80. The Hall–Kier alpha value is -2.79. The zero-order chi connectivity index (χ0) is 18.0. The van der Waals surface area contributed by atoms with E-state index < -0.39 is 0 Å². The fourth-order valence-corrected chi connectivity index (χ4v) is 2.65. The van der Waals surface area contributed by atoms with Crippen molar-refractivity contribution in [2.75, 3.05) is 11.1 Å². The lowest BCUT2D eigenvalue weighted by Gasteiger charge is -2.13. The molecule has 3 N–H and O–H groups in total. The predicted octanol–water partition coefficient (Wildman–Crippen LogP) is 5.17. The highest BCUT2D eigenvalue weighted by Gasteiger charge is 2.11. The molecular weight excluding hydrogens is 336 g/mol. The lowest BCUT2D eigenvalue weighted by atomic mass is 10.1. The summed E-state index contributed by atoms with van der Waals surface area (Å²) >= 11 is 6.04. The maximum absolute atomic E-state index is 6.18. The van der Waals surface area contributed by atoms with Gasteiger partial charge in [-0.25, -0.2) is 4.98 Å². The van der Waals surface area contributed by atoms with Gasteiger partial charge in [0.2, 0.25) is 5.88 Å². The Balaban J connectivity index is 1.87. The van der Waals surface area contributed by atoms with Crippen LogP contribution in [0.5, 0.6) is 11.6 Å². The molecule has 6 heteroatoms. The smallest absolute Gasteiger partial charge is 0.248 e. The first-order chi connectivity index (χ1) is 11.9. The number of hydrogen-bond acceptors (Lipinski definition) is 5. The summed E-state index contributed by atoms with van der Waals surface area (Å²) in [5.41, 5.74) is 10.7. The molecule has 0 radical (unpaired) electrons. The van der Waals surface area contributed by atoms with Gasteiger partial charge in [-0.3, -0.25) is 0 Å². The van der Waals surface area contributed by atoms with Crippen LogP contribution in [0.25, 0.3) is 0 Å². The molecule has 128 valence electrons. The molecule has 0 saturated heterocycles. The Morgan fingerprint density at radius 3 is 2.40 bits per heavy atom. The number of rotatable bonds is 4. The van der Waals surface area contributed by atoms with Crippen LogP contribution in [0, 0.1) is 20.8 Å². The van der Waals surface area contributed by atoms with Crippen molar-refractivity contribution in [2.45, 2.75) is 20.8 Å². The third-order valence-electron chi connectivity index (χ3n) is 3.68. The van der Waals surface area contributed by atoms with Crippen molar-refractivity contribution in [3.05, 3.63) is 64.4 Å². The van der Waals surface area contributed by atoms with Crippen molar-refractivity contribution >= 4 is 28.8 Å². The van der Waals surface area contributed by atoms with Crippen molar-refractivity contribution in [1.82, 2.24) is 9.97 Å². The highest BCUT2D eigenvalue weighted by Crippen LogP contribution is 2.32. The van der Waals surface area contributed by atoms with E-state index in [4.69, 9.17) is 22.1 Å². The SMILES string of the molecule is Cc1cc(C)cc(Nc2ncnc(Oc3ccc(Cl)c(C)c3)c2N)c1. The zero-order valence-corrected chi connectivity index (χ0v) is 15.1. The van der Waals surface area contributed by atoms with Gasteiger partial charge in [-0.1, -0.05) is 17.7 Å². The molecule has 3 rings (SSSR count). The van der Waals surface area contributed by atoms with Gasteiger partial charge in [0.25, 0.3) is 0 Å². The average molecular weight is 355 g/mol. The van der Waals surface area contributed by atoms with Gasteiger partial charge in [-0.05, 0) is 67.8 Å². The molecule has 0 unspecified atom stereocenters. The number of nitrogens with two attached hydrogens (primary N) is 1. The first-order valence-corrected chi connectivity index (χ1v) is 8.20. The van der Waals surface area contributed by atoms with Gasteiger partial charge in [-0.2, -0.15) is 4.98 Å². The lowest BCUT2D eigenvalue weighted by Crippen LogP contribution is -2.03. The van der Waals surface area contributed by atoms with Crippen LogP contribution in [-0.2, 0) is 0 Å². The minimum Gasteiger partial charge on any atom is -0.437 e. The molecule has 25 heavy (non-hydrogen) atoms. The highest BCUT2D eigenvalue weighted by atomic mass is 35.5. The number of aryl methyl sites for hydroxylation is 3. The van der Waals surface area contributed by atoms with Gasteiger partial charge in [0.05, 0.1) is 0 Å². The van der Waals surface area contributed by atoms with Crippen molar-refractivity contribution < 1.29 is 4.74 Å². The van der Waals surface area contributed by atoms with Crippen molar-refractivity contribution in [2.24, 2.45) is 0 Å². The molecule has 0 aliphatic carbocycles. The summed E-state index contributed by atoms with van der Waals surface area (Å²) in [6.07, 6.45) is 1.42. The highest BCUT2D eigenvalue weighted by molar-refractivity contribution is 6.31. The van der Waals surface area contributed by atoms with E-state index in [1.54, 1.807) is 12.1 Å². The van der Waals surface area contributed by atoms with E-state index in [1.165, 1.54) is 6.33 Å². The maximum Gasteiger partial charge on any atom is 0.248 e. The second kappa shape index (κ2) is 6.99. The molecule has 0 bridgehead atoms. The second-order valence-electron chi connectivity index (χ2n) is 5.96. The number of nitrogen functional groups attached to an aromatic ring is 1. The number of halogens is 1. The van der Waals surface area contributed by atoms with Crippen LogP contribution < -0.4 is 15.8 Å². The fraction of sp³-hybridized carbons (Fsp3) is 0.158. The van der Waals surface area contributed by atoms with Gasteiger partial charge in [0.15, 0.2) is 5.82 Å². The quantitative estimate of drug-likeness (QED) is 0.675. The first kappa shape index (κ1) is 17.0. The van der Waals surface area contributed by atoms with E-state index in [0.717, 1.165) is 22.4 Å². The molecule has 1 aromatic heterocycles. The first-order valence-electron chi connectivity index (χ1n) is 7.82. The van der Waals surface area contributed by atoms with Gasteiger partial charge in [0.1, 0.15) is 17.8 Å². The number of nitrogens with zero attached hydrogens (tertiary/aromatic N) is 2. The molecule has 3 aromatic rings. The van der Waals surface area contributed by atoms with Gasteiger partial charge < -0.3 is 15.8 Å². The standard InChI is InChI=1S/C19H19ClN4O/c1-11-6-12(2)8-14(7-11)24-18-17(21)19(23-10-22-18)25-15-4-5-16(20)13(3)9-15/h4-10H,21H2,1-3H3,(H,22,23,24). The number of ether oxygens (including phenoxy) is 1. The summed E-state index contributed by atoms with van der Waals surface area (Å²) in [5.74, 6) is 1.41. The van der Waals surface area contributed by atoms with Gasteiger partial charge in [0, 0.05) is 10.7 Å². The van der Waals surface area contributed by atoms with Crippen LogP contribution in [0.1, 0.15) is 16.7 Å². The molecular formula is C19H19ClN4O. The van der Waals surface area contributed by atoms with E-state index >= 15 is 0 Å². The molecule has 0 aliphatic heterocycles. The van der Waals surface area contributed by atoms with E-state index in [2.05, 4.69) is 21.4 Å². The summed E-state index contributed by atoms with van der Waals surface area (Å²) in [5, 5.41) is 3.90. The summed E-state index contributed by atoms with van der Waals surface area (Å²) in [7, 11) is 0. The third-order valence-corrected chi connectivity index (χ3v) is 4.10. The lowest BCUT2D eigenvalue weighted by molar-refractivity contribution is 0.464. The normalized spacial score (nSPS) is 10.6. The van der Waals surface area contributed by atoms with Gasteiger partial charge in [-0.15, -0.1) is 0 Å². The number of hydrogen-bond donors (Lipinski definition) is 2. The Kier molecular flexibility index (Phi) is 4.76. The monoisotopic (exact) mass is 354 g/mol. The maximum atomic E-state index is 6.18. The van der Waals surface area contributed by atoms with Gasteiger partial charge >= 0.3 is 0 Å². The molecule has 2 aromatic carbocycles. The topological polar surface area (TPSA) is 73.1 Å². The fourth-order valence-electron chi connectivity index (χ4n) is 2.54. The van der Waals surface area contributed by atoms with Crippen molar-refractivity contribution in [3.8, 4) is 11.6 Å². The van der Waals surface area contributed by atoms with E-state index in [-0.39, 0.29) is 0 Å². The number of benzene rings is 2. The van der Waals surface area contributed by atoms with E-state index in [1.807, 2.05) is 39.0 Å². The minimum atomic E-state index is 0.295. The second-order valence-corrected chi connectivity index (χ2v) is 6.36. The Morgan fingerprint density at radius 1 is 1.00 bits per heavy atom. The Bertz CT molecular complexity index is 907. The summed E-state index contributed by atoms with van der Waals surface area (Å²) in [6, 6.07) is 11.5. The van der Waals surface area contributed by atoms with Crippen LogP contribution in [0.4, 0.5) is 17.2 Å². The number of aromatic nitrogens is 2. The van der Waals surface area contributed by atoms with Crippen LogP contribution in [0.3, 0.4) is 0 Å². The largest absolute Gasteiger partial charge is 0.437 e. The Morgan fingerprint density at radius 2 is 1.72 bits per heavy atom. The molecule has 0 atom stereocenters. The zero-order valence-electron chi connectivity index (χ0n) is 14.3. The molecule has 1 heterocycles. The van der Waals surface area contributed by atoms with Crippen LogP contribution in [0.15, 0.2) is 42.7 Å². The van der Waals surface area contributed by atoms with Crippen LogP contribution in [-0.4, -0.2) is 9.97 Å². The average Bonchev–Trinajstić information content (AvgIpc) is 2.54. The van der Waals surface area contributed by atoms with Crippen LogP contribution >= 0.6 is 11.6 Å². The number of anilines is 3. The number of nitrogens with one attached hydrogen (secondary N) is 1. The summed E-state index contributed by atoms with van der Waals surface area (Å²) in [6.45, 7) is 5.99. The molecule has 0 aliphatic rings. The van der Waals surface area contributed by atoms with Crippen molar-refractivity contribution in [3.63, 3.8) is 0 Å². The molecule has 0 spiro atoms. The van der Waals surface area contributed by atoms with Crippen LogP contribution in [0.2, 0.25) is 5.02 Å². The van der Waals surface area contributed by atoms with E-state index in [9.17, 15) is 0 Å². The molecule has 0 saturated carbocycles. The predicted molar refractivity (Wildman–Crippen MR) is 102 cm³/mol.